The molecule has 3 aliphatic rings. The number of benzene rings is 1. The Morgan fingerprint density at radius 2 is 1.84 bits per heavy atom. The van der Waals surface area contributed by atoms with E-state index >= 15 is 0 Å². The lowest BCUT2D eigenvalue weighted by Crippen LogP contribution is -2.61. The van der Waals surface area contributed by atoms with Gasteiger partial charge >= 0.3 is 0 Å². The van der Waals surface area contributed by atoms with Gasteiger partial charge in [-0.05, 0) is 59.8 Å². The van der Waals surface area contributed by atoms with Crippen LogP contribution in [0.3, 0.4) is 0 Å². The number of allylic oxidation sites excluding steroid dienone is 2. The zero-order chi connectivity index (χ0) is 23.0. The van der Waals surface area contributed by atoms with Gasteiger partial charge in [-0.2, -0.15) is 0 Å². The molecule has 176 valence electrons. The molecule has 32 heavy (non-hydrogen) atoms. The first kappa shape index (κ1) is 24.1. The van der Waals surface area contributed by atoms with E-state index in [4.69, 9.17) is 21.1 Å². The lowest BCUT2D eigenvalue weighted by Gasteiger charge is -2.48. The fourth-order valence-electron chi connectivity index (χ4n) is 5.14. The van der Waals surface area contributed by atoms with Gasteiger partial charge in [-0.3, -0.25) is 0 Å². The van der Waals surface area contributed by atoms with Crippen LogP contribution < -0.4 is 4.74 Å². The van der Waals surface area contributed by atoms with Crippen molar-refractivity contribution in [1.82, 2.24) is 0 Å². The number of methoxy groups -OCH3 is 1. The third kappa shape index (κ3) is 4.37. The minimum atomic E-state index is -1.38. The Balaban J connectivity index is 1.71. The third-order valence-corrected chi connectivity index (χ3v) is 8.73. The molecule has 0 spiro atoms. The summed E-state index contributed by atoms with van der Waals surface area (Å²) in [6, 6.07) is 7.88. The summed E-state index contributed by atoms with van der Waals surface area (Å²) in [5.74, 6) is 1.50. The van der Waals surface area contributed by atoms with E-state index in [1.807, 2.05) is 24.3 Å². The molecular weight excluding hydrogens is 452 g/mol. The molecule has 1 aromatic carbocycles. The maximum absolute atomic E-state index is 10.9. The molecule has 0 bridgehead atoms. The van der Waals surface area contributed by atoms with Crippen molar-refractivity contribution in [3.05, 3.63) is 50.9 Å². The third-order valence-electron chi connectivity index (χ3n) is 6.94. The minimum Gasteiger partial charge on any atom is -0.497 e. The number of hydrogen-bond donors (Lipinski definition) is 4. The lowest BCUT2D eigenvalue weighted by molar-refractivity contribution is -0.240. The number of thioether (sulfide) groups is 1. The summed E-state index contributed by atoms with van der Waals surface area (Å²) in [7, 11) is 1.64. The first-order valence-electron chi connectivity index (χ1n) is 11.1. The number of rotatable bonds is 5. The van der Waals surface area contributed by atoms with Crippen LogP contribution in [-0.4, -0.2) is 70.4 Å². The van der Waals surface area contributed by atoms with Gasteiger partial charge in [-0.25, -0.2) is 0 Å². The zero-order valence-corrected chi connectivity index (χ0v) is 19.9. The number of hydrogen-bond acceptors (Lipinski definition) is 7. The van der Waals surface area contributed by atoms with E-state index in [1.165, 1.54) is 0 Å². The van der Waals surface area contributed by atoms with Crippen molar-refractivity contribution < 1.29 is 29.9 Å². The first-order valence-corrected chi connectivity index (χ1v) is 12.4. The second-order valence-electron chi connectivity index (χ2n) is 8.78. The summed E-state index contributed by atoms with van der Waals surface area (Å²) >= 11 is 8.68. The van der Waals surface area contributed by atoms with Gasteiger partial charge in [0.25, 0.3) is 0 Å². The lowest BCUT2D eigenvalue weighted by atomic mass is 9.69. The quantitative estimate of drug-likeness (QED) is 0.512. The summed E-state index contributed by atoms with van der Waals surface area (Å²) < 4.78 is 11.3. The second kappa shape index (κ2) is 10.1. The largest absolute Gasteiger partial charge is 0.497 e. The Hall–Kier alpha value is -1.06. The van der Waals surface area contributed by atoms with Gasteiger partial charge in [0, 0.05) is 10.8 Å². The van der Waals surface area contributed by atoms with Crippen molar-refractivity contribution in [2.75, 3.05) is 19.5 Å². The molecule has 1 saturated heterocycles. The Kier molecular flexibility index (Phi) is 7.56. The molecule has 2 aliphatic heterocycles. The predicted octanol–water partition coefficient (Wildman–Crippen LogP) is 2.62. The van der Waals surface area contributed by atoms with Crippen LogP contribution in [0.15, 0.2) is 45.3 Å². The SMILES string of the molecule is COc1ccc(CC2=C(Cl)C3=C(CCCS3)C(C3OC(CO)C(O)C(O)C3O)C2C)cc1. The van der Waals surface area contributed by atoms with Crippen LogP contribution in [0.25, 0.3) is 0 Å². The van der Waals surface area contributed by atoms with E-state index in [1.54, 1.807) is 18.9 Å². The molecule has 1 aliphatic carbocycles. The molecule has 1 aromatic rings. The van der Waals surface area contributed by atoms with Gasteiger partial charge in [0.15, 0.2) is 0 Å². The van der Waals surface area contributed by atoms with Gasteiger partial charge in [0.1, 0.15) is 30.2 Å². The average Bonchev–Trinajstić information content (AvgIpc) is 2.82. The highest BCUT2D eigenvalue weighted by molar-refractivity contribution is 8.03. The molecule has 8 heteroatoms. The van der Waals surface area contributed by atoms with Crippen LogP contribution in [0.1, 0.15) is 25.3 Å². The second-order valence-corrected chi connectivity index (χ2v) is 10.3. The van der Waals surface area contributed by atoms with Gasteiger partial charge in [0.2, 0.25) is 0 Å². The normalized spacial score (nSPS) is 35.7. The Bertz CT molecular complexity index is 883. The average molecular weight is 483 g/mol. The zero-order valence-electron chi connectivity index (χ0n) is 18.3. The van der Waals surface area contributed by atoms with Crippen LogP contribution in [-0.2, 0) is 11.2 Å². The van der Waals surface area contributed by atoms with Gasteiger partial charge in [-0.15, -0.1) is 11.8 Å². The highest BCUT2D eigenvalue weighted by atomic mass is 35.5. The predicted molar refractivity (Wildman–Crippen MR) is 125 cm³/mol. The molecule has 7 atom stereocenters. The summed E-state index contributed by atoms with van der Waals surface area (Å²) in [5.41, 5.74) is 3.30. The Morgan fingerprint density at radius 3 is 2.50 bits per heavy atom. The Labute approximate surface area is 197 Å². The molecule has 4 rings (SSSR count). The van der Waals surface area contributed by atoms with Gasteiger partial charge in [0.05, 0.1) is 24.9 Å². The van der Waals surface area contributed by atoms with Crippen LogP contribution in [0.4, 0.5) is 0 Å². The summed E-state index contributed by atoms with van der Waals surface area (Å²) in [6.07, 6.45) is -3.19. The van der Waals surface area contributed by atoms with Crippen molar-refractivity contribution in [3.8, 4) is 5.75 Å². The summed E-state index contributed by atoms with van der Waals surface area (Å²) in [5, 5.41) is 42.0. The summed E-state index contributed by atoms with van der Waals surface area (Å²) in [4.78, 5) is 1.04. The highest BCUT2D eigenvalue weighted by Crippen LogP contribution is 2.52. The molecule has 2 heterocycles. The monoisotopic (exact) mass is 482 g/mol. The first-order chi connectivity index (χ1) is 15.4. The number of ether oxygens (including phenoxy) is 2. The van der Waals surface area contributed by atoms with Crippen molar-refractivity contribution >= 4 is 23.4 Å². The molecule has 1 fully saturated rings. The minimum absolute atomic E-state index is 0.0523. The van der Waals surface area contributed by atoms with Crippen LogP contribution in [0.2, 0.25) is 0 Å². The molecule has 7 unspecified atom stereocenters. The van der Waals surface area contributed by atoms with Crippen molar-refractivity contribution in [3.63, 3.8) is 0 Å². The van der Waals surface area contributed by atoms with Crippen LogP contribution in [0, 0.1) is 11.8 Å². The van der Waals surface area contributed by atoms with Crippen molar-refractivity contribution in [2.45, 2.75) is 56.7 Å². The van der Waals surface area contributed by atoms with E-state index in [0.29, 0.717) is 6.42 Å². The van der Waals surface area contributed by atoms with E-state index in [9.17, 15) is 20.4 Å². The maximum Gasteiger partial charge on any atom is 0.118 e. The van der Waals surface area contributed by atoms with E-state index < -0.39 is 37.1 Å². The highest BCUT2D eigenvalue weighted by Gasteiger charge is 2.50. The maximum atomic E-state index is 10.9. The van der Waals surface area contributed by atoms with E-state index in [-0.39, 0.29) is 11.8 Å². The summed E-state index contributed by atoms with van der Waals surface area (Å²) in [6.45, 7) is 1.65. The van der Waals surface area contributed by atoms with Crippen LogP contribution in [0.5, 0.6) is 5.75 Å². The molecule has 0 radical (unpaired) electrons. The number of aliphatic hydroxyl groups excluding tert-OH is 4. The van der Waals surface area contributed by atoms with Gasteiger partial charge < -0.3 is 29.9 Å². The standard InChI is InChI=1S/C24H31ClO6S/c1-12-16(10-13-5-7-14(30-2)8-6-13)19(25)24-15(4-3-9-32-24)18(12)23-22(29)21(28)20(27)17(11-26)31-23/h5-8,12,17-18,20-23,26-29H,3-4,9-11H2,1-2H3. The molecule has 0 aromatic heterocycles. The molecular formula is C24H31ClO6S. The fourth-order valence-corrected chi connectivity index (χ4v) is 6.84. The number of halogens is 1. The van der Waals surface area contributed by atoms with Crippen molar-refractivity contribution in [2.24, 2.45) is 11.8 Å². The molecule has 4 N–H and O–H groups in total. The Morgan fingerprint density at radius 1 is 1.12 bits per heavy atom. The van der Waals surface area contributed by atoms with E-state index in [2.05, 4.69) is 6.92 Å². The smallest absolute Gasteiger partial charge is 0.118 e. The number of aliphatic hydroxyl groups is 4. The molecule has 0 saturated carbocycles. The fraction of sp³-hybridized carbons (Fsp3) is 0.583. The van der Waals surface area contributed by atoms with E-state index in [0.717, 1.165) is 51.0 Å². The molecule has 6 nitrogen and oxygen atoms in total. The van der Waals surface area contributed by atoms with Gasteiger partial charge in [-0.1, -0.05) is 30.7 Å². The van der Waals surface area contributed by atoms with Crippen molar-refractivity contribution in [1.29, 1.82) is 0 Å². The molecule has 0 amide bonds. The topological polar surface area (TPSA) is 99.4 Å². The van der Waals surface area contributed by atoms with Crippen LogP contribution >= 0.6 is 23.4 Å².